The molecule has 0 bridgehead atoms. The van der Waals surface area contributed by atoms with Gasteiger partial charge < -0.3 is 9.80 Å². The van der Waals surface area contributed by atoms with E-state index in [1.807, 2.05) is 7.05 Å². The number of piperidine rings is 1. The molecule has 1 aliphatic rings. The van der Waals surface area contributed by atoms with E-state index in [-0.39, 0.29) is 4.21 Å². The lowest BCUT2D eigenvalue weighted by Gasteiger charge is -2.38. The average molecular weight is 318 g/mol. The summed E-state index contributed by atoms with van der Waals surface area (Å²) in [6.07, 6.45) is 3.48. The van der Waals surface area contributed by atoms with Crippen LogP contribution in [-0.4, -0.2) is 50.5 Å². The normalized spacial score (nSPS) is 18.6. The van der Waals surface area contributed by atoms with Crippen molar-refractivity contribution in [3.05, 3.63) is 6.20 Å². The van der Waals surface area contributed by atoms with Crippen LogP contribution in [0.1, 0.15) is 26.7 Å². The van der Waals surface area contributed by atoms with Crippen molar-refractivity contribution < 1.29 is 8.42 Å². The average Bonchev–Trinajstić information content (AvgIpc) is 2.87. The first-order valence-electron chi connectivity index (χ1n) is 6.74. The molecule has 0 spiro atoms. The molecule has 1 aromatic rings. The Balaban J connectivity index is 2.02. The third kappa shape index (κ3) is 3.49. The van der Waals surface area contributed by atoms with E-state index < -0.39 is 10.0 Å². The van der Waals surface area contributed by atoms with E-state index in [9.17, 15) is 8.42 Å². The number of hydrogen-bond donors (Lipinski definition) is 1. The second-order valence-electron chi connectivity index (χ2n) is 5.48. The Bertz CT molecular complexity index is 548. The number of nitrogens with two attached hydrogens (primary N) is 1. The van der Waals surface area contributed by atoms with Crippen molar-refractivity contribution in [1.29, 1.82) is 0 Å². The molecule has 0 amide bonds. The van der Waals surface area contributed by atoms with Crippen molar-refractivity contribution >= 4 is 26.5 Å². The molecule has 0 radical (unpaired) electrons. The smallest absolute Gasteiger partial charge is 0.249 e. The first kappa shape index (κ1) is 15.7. The van der Waals surface area contributed by atoms with Gasteiger partial charge in [-0.1, -0.05) is 11.3 Å². The Morgan fingerprint density at radius 2 is 2.05 bits per heavy atom. The van der Waals surface area contributed by atoms with E-state index in [1.165, 1.54) is 6.20 Å². The van der Waals surface area contributed by atoms with E-state index in [2.05, 4.69) is 28.6 Å². The molecule has 1 fully saturated rings. The van der Waals surface area contributed by atoms with Crippen LogP contribution in [0.2, 0.25) is 0 Å². The predicted octanol–water partition coefficient (Wildman–Crippen LogP) is 1.10. The molecular weight excluding hydrogens is 296 g/mol. The summed E-state index contributed by atoms with van der Waals surface area (Å²) in [5.74, 6) is 0. The molecule has 0 saturated carbocycles. The second-order valence-corrected chi connectivity index (χ2v) is 8.28. The highest BCUT2D eigenvalue weighted by Gasteiger charge is 2.26. The minimum Gasteiger partial charge on any atom is -0.348 e. The molecule has 20 heavy (non-hydrogen) atoms. The summed E-state index contributed by atoms with van der Waals surface area (Å²) < 4.78 is 22.7. The second kappa shape index (κ2) is 5.97. The van der Waals surface area contributed by atoms with Gasteiger partial charge in [-0.15, -0.1) is 0 Å². The van der Waals surface area contributed by atoms with Crippen LogP contribution >= 0.6 is 11.3 Å². The molecule has 2 rings (SSSR count). The van der Waals surface area contributed by atoms with Gasteiger partial charge in [-0.25, -0.2) is 18.5 Å². The van der Waals surface area contributed by atoms with Gasteiger partial charge >= 0.3 is 0 Å². The van der Waals surface area contributed by atoms with Gasteiger partial charge in [-0.3, -0.25) is 0 Å². The van der Waals surface area contributed by atoms with Crippen LogP contribution in [0.5, 0.6) is 0 Å². The standard InChI is InChI=1S/C12H22N4O2S2/c1-9(2)16-6-4-10(5-7-16)15(3)12-14-8-11(19-12)20(13,17)18/h8-10H,4-7H2,1-3H3,(H2,13,17,18). The highest BCUT2D eigenvalue weighted by Crippen LogP contribution is 2.28. The molecule has 0 unspecified atom stereocenters. The Kier molecular flexibility index (Phi) is 4.68. The Morgan fingerprint density at radius 1 is 1.45 bits per heavy atom. The monoisotopic (exact) mass is 318 g/mol. The first-order chi connectivity index (χ1) is 9.29. The van der Waals surface area contributed by atoms with Gasteiger partial charge in [-0.05, 0) is 26.7 Å². The van der Waals surface area contributed by atoms with Crippen LogP contribution in [0.15, 0.2) is 10.4 Å². The molecule has 1 saturated heterocycles. The SMILES string of the molecule is CC(C)N1CCC(N(C)c2ncc(S(N)(=O)=O)s2)CC1. The van der Waals surface area contributed by atoms with E-state index in [4.69, 9.17) is 5.14 Å². The number of anilines is 1. The summed E-state index contributed by atoms with van der Waals surface area (Å²) in [4.78, 5) is 8.72. The van der Waals surface area contributed by atoms with Gasteiger partial charge in [0.25, 0.3) is 0 Å². The van der Waals surface area contributed by atoms with E-state index in [1.54, 1.807) is 0 Å². The fourth-order valence-electron chi connectivity index (χ4n) is 2.49. The van der Waals surface area contributed by atoms with Crippen molar-refractivity contribution in [1.82, 2.24) is 9.88 Å². The number of sulfonamides is 1. The Labute approximate surface area is 124 Å². The summed E-state index contributed by atoms with van der Waals surface area (Å²) in [7, 11) is -1.67. The lowest BCUT2D eigenvalue weighted by atomic mass is 10.0. The van der Waals surface area contributed by atoms with Crippen molar-refractivity contribution in [3.8, 4) is 0 Å². The molecule has 0 aromatic carbocycles. The minimum absolute atomic E-state index is 0.124. The lowest BCUT2D eigenvalue weighted by Crippen LogP contribution is -2.45. The maximum absolute atomic E-state index is 11.3. The third-order valence-corrected chi connectivity index (χ3v) is 6.33. The van der Waals surface area contributed by atoms with Crippen molar-refractivity contribution in [2.45, 2.75) is 43.0 Å². The van der Waals surface area contributed by atoms with Crippen molar-refractivity contribution in [2.24, 2.45) is 5.14 Å². The van der Waals surface area contributed by atoms with Gasteiger partial charge in [-0.2, -0.15) is 0 Å². The zero-order valence-corrected chi connectivity index (χ0v) is 13.7. The molecule has 1 aromatic heterocycles. The van der Waals surface area contributed by atoms with E-state index >= 15 is 0 Å². The van der Waals surface area contributed by atoms with E-state index in [0.29, 0.717) is 12.1 Å². The predicted molar refractivity (Wildman–Crippen MR) is 81.6 cm³/mol. The maximum atomic E-state index is 11.3. The Morgan fingerprint density at radius 3 is 2.50 bits per heavy atom. The number of hydrogen-bond acceptors (Lipinski definition) is 6. The van der Waals surface area contributed by atoms with Crippen LogP contribution in [0.4, 0.5) is 5.13 Å². The molecule has 2 N–H and O–H groups in total. The van der Waals surface area contributed by atoms with E-state index in [0.717, 1.165) is 42.4 Å². The zero-order valence-electron chi connectivity index (χ0n) is 12.1. The molecule has 114 valence electrons. The number of primary sulfonamides is 1. The van der Waals surface area contributed by atoms with Crippen LogP contribution in [0.25, 0.3) is 0 Å². The van der Waals surface area contributed by atoms with Crippen LogP contribution in [0.3, 0.4) is 0 Å². The van der Waals surface area contributed by atoms with Gasteiger partial charge in [0.15, 0.2) is 9.34 Å². The van der Waals surface area contributed by atoms with Gasteiger partial charge in [0.2, 0.25) is 10.0 Å². The summed E-state index contributed by atoms with van der Waals surface area (Å²) in [5, 5.41) is 5.84. The molecule has 0 aliphatic carbocycles. The third-order valence-electron chi connectivity index (χ3n) is 3.83. The van der Waals surface area contributed by atoms with Gasteiger partial charge in [0.05, 0.1) is 6.20 Å². The zero-order chi connectivity index (χ0) is 14.9. The first-order valence-corrected chi connectivity index (χ1v) is 9.11. The molecule has 0 atom stereocenters. The Hall–Kier alpha value is -0.700. The molecular formula is C12H22N4O2S2. The number of rotatable bonds is 4. The highest BCUT2D eigenvalue weighted by atomic mass is 32.2. The largest absolute Gasteiger partial charge is 0.348 e. The van der Waals surface area contributed by atoms with Gasteiger partial charge in [0, 0.05) is 32.2 Å². The fourth-order valence-corrected chi connectivity index (χ4v) is 4.06. The quantitative estimate of drug-likeness (QED) is 0.899. The van der Waals surface area contributed by atoms with Crippen molar-refractivity contribution in [3.63, 3.8) is 0 Å². The number of likely N-dealkylation sites (tertiary alicyclic amines) is 1. The minimum atomic E-state index is -3.65. The van der Waals surface area contributed by atoms with Crippen molar-refractivity contribution in [2.75, 3.05) is 25.0 Å². The number of aromatic nitrogens is 1. The van der Waals surface area contributed by atoms with Crippen LogP contribution in [-0.2, 0) is 10.0 Å². The summed E-state index contributed by atoms with van der Waals surface area (Å²) >= 11 is 1.14. The lowest BCUT2D eigenvalue weighted by molar-refractivity contribution is 0.171. The van der Waals surface area contributed by atoms with Gasteiger partial charge in [0.1, 0.15) is 0 Å². The molecule has 2 heterocycles. The topological polar surface area (TPSA) is 79.5 Å². The maximum Gasteiger partial charge on any atom is 0.249 e. The summed E-state index contributed by atoms with van der Waals surface area (Å²) in [6.45, 7) is 6.56. The molecule has 8 heteroatoms. The highest BCUT2D eigenvalue weighted by molar-refractivity contribution is 7.91. The van der Waals surface area contributed by atoms with Crippen LogP contribution < -0.4 is 10.0 Å². The fraction of sp³-hybridized carbons (Fsp3) is 0.750. The molecule has 6 nitrogen and oxygen atoms in total. The number of nitrogens with zero attached hydrogens (tertiary/aromatic N) is 3. The van der Waals surface area contributed by atoms with Crippen LogP contribution in [0, 0.1) is 0 Å². The molecule has 1 aliphatic heterocycles. The summed E-state index contributed by atoms with van der Waals surface area (Å²) in [6, 6.07) is 0.986. The summed E-state index contributed by atoms with van der Waals surface area (Å²) in [5.41, 5.74) is 0. The number of thiazole rings is 1.